The van der Waals surface area contributed by atoms with Crippen LogP contribution in [0.5, 0.6) is 0 Å². The Balaban J connectivity index is 1.69. The van der Waals surface area contributed by atoms with E-state index in [4.69, 9.17) is 9.47 Å². The Morgan fingerprint density at radius 2 is 1.79 bits per heavy atom. The highest BCUT2D eigenvalue weighted by Crippen LogP contribution is 2.42. The smallest absolute Gasteiger partial charge is 0.434 e. The molecule has 2 aliphatic heterocycles. The van der Waals surface area contributed by atoms with Gasteiger partial charge in [0.25, 0.3) is 5.91 Å². The predicted molar refractivity (Wildman–Crippen MR) is 147 cm³/mol. The first-order valence-corrected chi connectivity index (χ1v) is 13.3. The molecular weight excluding hydrogens is 578 g/mol. The molecule has 0 atom stereocenters. The second-order valence-electron chi connectivity index (χ2n) is 9.70. The minimum atomic E-state index is -5.13. The number of para-hydroxylation sites is 1. The molecule has 0 unspecified atom stereocenters. The van der Waals surface area contributed by atoms with Gasteiger partial charge in [-0.15, -0.1) is 0 Å². The summed E-state index contributed by atoms with van der Waals surface area (Å²) in [7, 11) is 0. The van der Waals surface area contributed by atoms with E-state index in [0.29, 0.717) is 17.9 Å². The number of allylic oxidation sites excluding steroid dienone is 4. The maximum Gasteiger partial charge on any atom is 0.434 e. The molecule has 0 spiro atoms. The molecule has 0 saturated carbocycles. The van der Waals surface area contributed by atoms with Crippen molar-refractivity contribution in [2.45, 2.75) is 6.18 Å². The number of fused-ring (bicyclic) bond motifs is 1. The van der Waals surface area contributed by atoms with Crippen LogP contribution in [0.15, 0.2) is 67.0 Å². The number of nitrogens with one attached hydrogen (secondary N) is 1. The largest absolute Gasteiger partial charge is 0.495 e. The van der Waals surface area contributed by atoms with Crippen molar-refractivity contribution in [1.29, 1.82) is 0 Å². The first-order chi connectivity index (χ1) is 20.6. The maximum absolute atomic E-state index is 14.9. The number of morpholine rings is 2. The number of benzene rings is 2. The van der Waals surface area contributed by atoms with Gasteiger partial charge in [-0.2, -0.15) is 13.2 Å². The van der Waals surface area contributed by atoms with E-state index in [-0.39, 0.29) is 68.2 Å². The van der Waals surface area contributed by atoms with E-state index in [2.05, 4.69) is 17.0 Å². The summed E-state index contributed by atoms with van der Waals surface area (Å²) in [6.45, 7) is 4.65. The molecule has 3 aromatic rings. The van der Waals surface area contributed by atoms with Crippen LogP contribution in [0.4, 0.5) is 32.0 Å². The topological polar surface area (TPSA) is 66.9 Å². The fourth-order valence-electron chi connectivity index (χ4n) is 5.01. The van der Waals surface area contributed by atoms with Crippen molar-refractivity contribution in [3.63, 3.8) is 0 Å². The number of aromatic nitrogens is 1. The number of halogens is 6. The number of hydrogen-bond donors (Lipinski definition) is 1. The summed E-state index contributed by atoms with van der Waals surface area (Å²) in [6.07, 6.45) is 1.41. The molecule has 3 heterocycles. The zero-order chi connectivity index (χ0) is 30.7. The van der Waals surface area contributed by atoms with E-state index >= 15 is 0 Å². The van der Waals surface area contributed by atoms with Gasteiger partial charge >= 0.3 is 6.18 Å². The molecule has 1 N–H and O–H groups in total. The number of carbonyl (C=O) groups is 1. The maximum atomic E-state index is 14.9. The summed E-state index contributed by atoms with van der Waals surface area (Å²) in [5.74, 6) is -4.67. The van der Waals surface area contributed by atoms with Crippen LogP contribution in [0.2, 0.25) is 0 Å². The minimum absolute atomic E-state index is 0.0683. The Hall–Kier alpha value is -4.36. The van der Waals surface area contributed by atoms with Gasteiger partial charge in [0.05, 0.1) is 43.1 Å². The molecule has 2 fully saturated rings. The normalized spacial score (nSPS) is 17.4. The van der Waals surface area contributed by atoms with Crippen LogP contribution in [0.25, 0.3) is 22.0 Å². The lowest BCUT2D eigenvalue weighted by Gasteiger charge is -2.34. The Labute approximate surface area is 242 Å². The van der Waals surface area contributed by atoms with E-state index in [1.54, 1.807) is 29.2 Å². The van der Waals surface area contributed by atoms with Crippen molar-refractivity contribution in [3.8, 4) is 11.1 Å². The SMILES string of the molecule is C=C/C=C\C=C1/CN(NC(=O)c2c(C(F)(F)F)nc3c(-c4cc(F)cc(F)c4F)cccc3c2N2CCOCC2)CCO1. The lowest BCUT2D eigenvalue weighted by molar-refractivity contribution is -0.141. The molecule has 1 amide bonds. The molecule has 1 aromatic heterocycles. The van der Waals surface area contributed by atoms with Gasteiger partial charge in [0.2, 0.25) is 0 Å². The number of anilines is 1. The quantitative estimate of drug-likeness (QED) is 0.219. The second-order valence-corrected chi connectivity index (χ2v) is 9.70. The second kappa shape index (κ2) is 12.5. The molecule has 2 saturated heterocycles. The van der Waals surface area contributed by atoms with Crippen molar-refractivity contribution in [1.82, 2.24) is 15.4 Å². The van der Waals surface area contributed by atoms with Crippen molar-refractivity contribution in [2.75, 3.05) is 50.9 Å². The summed E-state index contributed by atoms with van der Waals surface area (Å²) in [5.41, 5.74) is -1.06. The Morgan fingerprint density at radius 3 is 2.51 bits per heavy atom. The van der Waals surface area contributed by atoms with Gasteiger partial charge in [-0.25, -0.2) is 23.2 Å². The van der Waals surface area contributed by atoms with Gasteiger partial charge in [-0.3, -0.25) is 10.2 Å². The van der Waals surface area contributed by atoms with E-state index < -0.39 is 46.4 Å². The van der Waals surface area contributed by atoms with Gasteiger partial charge in [0, 0.05) is 35.7 Å². The van der Waals surface area contributed by atoms with Crippen LogP contribution >= 0.6 is 0 Å². The molecule has 5 rings (SSSR count). The third kappa shape index (κ3) is 6.37. The Kier molecular flexibility index (Phi) is 8.74. The number of hydrogen-bond acceptors (Lipinski definition) is 6. The van der Waals surface area contributed by atoms with Crippen LogP contribution in [0.1, 0.15) is 16.1 Å². The summed E-state index contributed by atoms with van der Waals surface area (Å²) in [4.78, 5) is 19.1. The summed E-state index contributed by atoms with van der Waals surface area (Å²) in [6, 6.07) is 5.07. The molecule has 7 nitrogen and oxygen atoms in total. The number of alkyl halides is 3. The third-order valence-corrected chi connectivity index (χ3v) is 6.88. The summed E-state index contributed by atoms with van der Waals surface area (Å²) < 4.78 is 98.2. The number of ether oxygens (including phenoxy) is 2. The first kappa shape index (κ1) is 30.1. The summed E-state index contributed by atoms with van der Waals surface area (Å²) in [5, 5.41) is 1.49. The number of amides is 1. The van der Waals surface area contributed by atoms with Crippen LogP contribution in [0, 0.1) is 17.5 Å². The number of rotatable bonds is 6. The van der Waals surface area contributed by atoms with Crippen molar-refractivity contribution >= 4 is 22.5 Å². The van der Waals surface area contributed by atoms with Crippen molar-refractivity contribution in [2.24, 2.45) is 0 Å². The van der Waals surface area contributed by atoms with Gasteiger partial charge in [0.1, 0.15) is 18.2 Å². The molecule has 226 valence electrons. The fourth-order valence-corrected chi connectivity index (χ4v) is 5.01. The van der Waals surface area contributed by atoms with Crippen LogP contribution < -0.4 is 10.3 Å². The van der Waals surface area contributed by atoms with Crippen molar-refractivity contribution < 1.29 is 40.6 Å². The van der Waals surface area contributed by atoms with Gasteiger partial charge in [-0.1, -0.05) is 43.0 Å². The van der Waals surface area contributed by atoms with E-state index in [9.17, 15) is 31.1 Å². The average molecular weight is 605 g/mol. The number of pyridine rings is 1. The molecule has 2 aromatic carbocycles. The standard InChI is InChI=1S/C30H26F6N4O3/c1-2-3-4-6-19-17-40(11-14-43-19)38-29(41)24-27(39-9-12-42-13-10-39)21-8-5-7-20(26(21)37-28(24)30(34,35)36)22-15-18(31)16-23(32)25(22)33/h2-8,15-16H,1,9-14,17H2,(H,38,41)/b4-3-,19-6+. The van der Waals surface area contributed by atoms with E-state index in [1.165, 1.54) is 23.2 Å². The van der Waals surface area contributed by atoms with Crippen molar-refractivity contribution in [3.05, 3.63) is 95.7 Å². The van der Waals surface area contributed by atoms with Gasteiger partial charge < -0.3 is 14.4 Å². The molecular formula is C30H26F6N4O3. The monoisotopic (exact) mass is 604 g/mol. The highest BCUT2D eigenvalue weighted by atomic mass is 19.4. The lowest BCUT2D eigenvalue weighted by atomic mass is 9.96. The fraction of sp³-hybridized carbons (Fsp3) is 0.267. The van der Waals surface area contributed by atoms with Gasteiger partial charge in [-0.05, 0) is 12.1 Å². The number of nitrogens with zero attached hydrogens (tertiary/aromatic N) is 3. The molecule has 13 heteroatoms. The van der Waals surface area contributed by atoms with Crippen LogP contribution in [-0.4, -0.2) is 61.9 Å². The Bertz CT molecular complexity index is 1620. The van der Waals surface area contributed by atoms with Crippen LogP contribution in [-0.2, 0) is 15.7 Å². The van der Waals surface area contributed by atoms with Gasteiger partial charge in [0.15, 0.2) is 17.3 Å². The molecule has 43 heavy (non-hydrogen) atoms. The Morgan fingerprint density at radius 1 is 1.02 bits per heavy atom. The zero-order valence-electron chi connectivity index (χ0n) is 22.7. The molecule has 0 aliphatic carbocycles. The molecule has 0 radical (unpaired) electrons. The zero-order valence-corrected chi connectivity index (χ0v) is 22.7. The predicted octanol–water partition coefficient (Wildman–Crippen LogP) is 5.78. The highest BCUT2D eigenvalue weighted by molar-refractivity contribution is 6.11. The van der Waals surface area contributed by atoms with E-state index in [0.717, 1.165) is 0 Å². The number of carbonyl (C=O) groups excluding carboxylic acids is 1. The first-order valence-electron chi connectivity index (χ1n) is 13.3. The number of hydrazine groups is 1. The third-order valence-electron chi connectivity index (χ3n) is 6.88. The minimum Gasteiger partial charge on any atom is -0.495 e. The molecule has 0 bridgehead atoms. The highest BCUT2D eigenvalue weighted by Gasteiger charge is 2.41. The summed E-state index contributed by atoms with van der Waals surface area (Å²) >= 11 is 0. The average Bonchev–Trinajstić information content (AvgIpc) is 2.98. The molecule has 2 aliphatic rings. The van der Waals surface area contributed by atoms with E-state index in [1.807, 2.05) is 0 Å². The lowest BCUT2D eigenvalue weighted by Crippen LogP contribution is -2.48. The van der Waals surface area contributed by atoms with Crippen LogP contribution in [0.3, 0.4) is 0 Å².